The second kappa shape index (κ2) is 6.13. The molecule has 1 aromatic heterocycles. The summed E-state index contributed by atoms with van der Waals surface area (Å²) in [7, 11) is 3.79. The molecule has 0 fully saturated rings. The second-order valence-corrected chi connectivity index (χ2v) is 5.26. The zero-order chi connectivity index (χ0) is 15.6. The first-order valence-electron chi connectivity index (χ1n) is 6.92. The topological polar surface area (TPSA) is 74.0 Å². The molecule has 1 N–H and O–H groups in total. The molecule has 2 rings (SSSR count). The van der Waals surface area contributed by atoms with Crippen LogP contribution in [0.1, 0.15) is 25.1 Å². The van der Waals surface area contributed by atoms with Crippen LogP contribution in [0.25, 0.3) is 0 Å². The minimum Gasteiger partial charge on any atom is -0.503 e. The Kier molecular flexibility index (Phi) is 4.47. The standard InChI is InChI=1S/C15H20N2O4/c1-4-10(18)12-13(11-6-5-9-21-11)17(8-7-16(2)3)15(20)14(12)19/h5-6,9,13,19H,4,7-8H2,1-3H3. The number of ketones is 1. The quantitative estimate of drug-likeness (QED) is 0.860. The first-order chi connectivity index (χ1) is 9.97. The highest BCUT2D eigenvalue weighted by Crippen LogP contribution is 2.38. The molecule has 0 aromatic carbocycles. The van der Waals surface area contributed by atoms with E-state index in [1.54, 1.807) is 19.1 Å². The largest absolute Gasteiger partial charge is 0.503 e. The predicted octanol–water partition coefficient (Wildman–Crippen LogP) is 1.52. The summed E-state index contributed by atoms with van der Waals surface area (Å²) in [6, 6.07) is 2.77. The van der Waals surface area contributed by atoms with Crippen molar-refractivity contribution in [3.63, 3.8) is 0 Å². The third-order valence-corrected chi connectivity index (χ3v) is 3.53. The lowest BCUT2D eigenvalue weighted by atomic mass is 10.00. The minimum atomic E-state index is -0.639. The highest BCUT2D eigenvalue weighted by Gasteiger charge is 2.44. The van der Waals surface area contributed by atoms with E-state index in [0.717, 1.165) is 0 Å². The molecule has 1 aliphatic rings. The van der Waals surface area contributed by atoms with Gasteiger partial charge in [0.25, 0.3) is 5.91 Å². The summed E-state index contributed by atoms with van der Waals surface area (Å²) in [4.78, 5) is 27.8. The van der Waals surface area contributed by atoms with Crippen molar-refractivity contribution >= 4 is 11.7 Å². The smallest absolute Gasteiger partial charge is 0.290 e. The van der Waals surface area contributed by atoms with Gasteiger partial charge in [0.2, 0.25) is 0 Å². The summed E-state index contributed by atoms with van der Waals surface area (Å²) in [6.07, 6.45) is 1.72. The Morgan fingerprint density at radius 2 is 2.19 bits per heavy atom. The van der Waals surface area contributed by atoms with Crippen LogP contribution in [0.3, 0.4) is 0 Å². The molecule has 1 atom stereocenters. The van der Waals surface area contributed by atoms with Crippen LogP contribution >= 0.6 is 0 Å². The van der Waals surface area contributed by atoms with Crippen LogP contribution in [-0.4, -0.2) is 53.8 Å². The van der Waals surface area contributed by atoms with Crippen LogP contribution in [0, 0.1) is 0 Å². The van der Waals surface area contributed by atoms with Gasteiger partial charge in [0.05, 0.1) is 11.8 Å². The molecule has 1 aliphatic heterocycles. The maximum absolute atomic E-state index is 12.3. The fourth-order valence-corrected chi connectivity index (χ4v) is 2.41. The Morgan fingerprint density at radius 1 is 1.48 bits per heavy atom. The lowest BCUT2D eigenvalue weighted by Crippen LogP contribution is -2.36. The van der Waals surface area contributed by atoms with Crippen molar-refractivity contribution < 1.29 is 19.1 Å². The first kappa shape index (κ1) is 15.3. The maximum atomic E-state index is 12.3. The molecular formula is C15H20N2O4. The van der Waals surface area contributed by atoms with E-state index in [0.29, 0.717) is 18.8 Å². The molecule has 0 spiro atoms. The molecule has 21 heavy (non-hydrogen) atoms. The number of Topliss-reactive ketones (excluding diaryl/α,β-unsaturated/α-hetero) is 1. The SMILES string of the molecule is CCC(=O)C1=C(O)C(=O)N(CCN(C)C)C1c1ccco1. The first-order valence-corrected chi connectivity index (χ1v) is 6.92. The van der Waals surface area contributed by atoms with Gasteiger partial charge in [0, 0.05) is 19.5 Å². The fraction of sp³-hybridized carbons (Fsp3) is 0.467. The Bertz CT molecular complexity index is 560. The highest BCUT2D eigenvalue weighted by atomic mass is 16.3. The Hall–Kier alpha value is -2.08. The summed E-state index contributed by atoms with van der Waals surface area (Å²) in [6.45, 7) is 2.74. The van der Waals surface area contributed by atoms with Crippen molar-refractivity contribution in [1.29, 1.82) is 0 Å². The fourth-order valence-electron chi connectivity index (χ4n) is 2.41. The number of carbonyl (C=O) groups excluding carboxylic acids is 2. The summed E-state index contributed by atoms with van der Waals surface area (Å²) in [5.74, 6) is -0.727. The third-order valence-electron chi connectivity index (χ3n) is 3.53. The predicted molar refractivity (Wildman–Crippen MR) is 76.7 cm³/mol. The molecule has 2 heterocycles. The van der Waals surface area contributed by atoms with E-state index in [1.807, 2.05) is 19.0 Å². The number of rotatable bonds is 6. The Balaban J connectivity index is 2.39. The van der Waals surface area contributed by atoms with Crippen molar-refractivity contribution in [2.24, 2.45) is 0 Å². The monoisotopic (exact) mass is 292 g/mol. The van der Waals surface area contributed by atoms with Crippen LogP contribution in [0.15, 0.2) is 34.1 Å². The second-order valence-electron chi connectivity index (χ2n) is 5.26. The number of nitrogens with zero attached hydrogens (tertiary/aromatic N) is 2. The number of likely N-dealkylation sites (N-methyl/N-ethyl adjacent to an activating group) is 1. The molecule has 0 saturated carbocycles. The van der Waals surface area contributed by atoms with E-state index in [-0.39, 0.29) is 17.8 Å². The van der Waals surface area contributed by atoms with Gasteiger partial charge >= 0.3 is 0 Å². The van der Waals surface area contributed by atoms with Crippen LogP contribution < -0.4 is 0 Å². The number of aliphatic hydroxyl groups excluding tert-OH is 1. The van der Waals surface area contributed by atoms with Gasteiger partial charge in [-0.15, -0.1) is 0 Å². The molecule has 0 radical (unpaired) electrons. The number of hydrogen-bond acceptors (Lipinski definition) is 5. The Morgan fingerprint density at radius 3 is 2.71 bits per heavy atom. The molecule has 0 bridgehead atoms. The van der Waals surface area contributed by atoms with Gasteiger partial charge in [0.1, 0.15) is 11.8 Å². The maximum Gasteiger partial charge on any atom is 0.290 e. The summed E-state index contributed by atoms with van der Waals surface area (Å²) >= 11 is 0. The van der Waals surface area contributed by atoms with E-state index in [1.165, 1.54) is 11.2 Å². The van der Waals surface area contributed by atoms with Crippen molar-refractivity contribution in [2.45, 2.75) is 19.4 Å². The molecule has 114 valence electrons. The van der Waals surface area contributed by atoms with Gasteiger partial charge in [-0.05, 0) is 26.2 Å². The molecule has 6 heteroatoms. The van der Waals surface area contributed by atoms with Gasteiger partial charge < -0.3 is 19.3 Å². The van der Waals surface area contributed by atoms with E-state index < -0.39 is 17.7 Å². The van der Waals surface area contributed by atoms with Crippen molar-refractivity contribution in [3.05, 3.63) is 35.5 Å². The van der Waals surface area contributed by atoms with E-state index >= 15 is 0 Å². The lowest BCUT2D eigenvalue weighted by Gasteiger charge is -2.26. The van der Waals surface area contributed by atoms with Gasteiger partial charge in [-0.25, -0.2) is 0 Å². The van der Waals surface area contributed by atoms with Crippen LogP contribution in [0.5, 0.6) is 0 Å². The van der Waals surface area contributed by atoms with E-state index in [4.69, 9.17) is 4.42 Å². The van der Waals surface area contributed by atoms with Gasteiger partial charge in [-0.2, -0.15) is 0 Å². The molecule has 0 saturated heterocycles. The van der Waals surface area contributed by atoms with Crippen LogP contribution in [0.4, 0.5) is 0 Å². The summed E-state index contributed by atoms with van der Waals surface area (Å²) in [5.41, 5.74) is 0.135. The molecule has 0 aliphatic carbocycles. The number of amides is 1. The summed E-state index contributed by atoms with van der Waals surface area (Å²) < 4.78 is 5.37. The normalized spacial score (nSPS) is 19.0. The van der Waals surface area contributed by atoms with Crippen LogP contribution in [0.2, 0.25) is 0 Å². The number of aliphatic hydroxyl groups is 1. The molecular weight excluding hydrogens is 272 g/mol. The van der Waals surface area contributed by atoms with Gasteiger partial charge in [0.15, 0.2) is 11.5 Å². The van der Waals surface area contributed by atoms with E-state index in [2.05, 4.69) is 0 Å². The zero-order valence-electron chi connectivity index (χ0n) is 12.5. The highest BCUT2D eigenvalue weighted by molar-refractivity contribution is 6.08. The zero-order valence-corrected chi connectivity index (χ0v) is 12.5. The van der Waals surface area contributed by atoms with Crippen LogP contribution in [-0.2, 0) is 9.59 Å². The van der Waals surface area contributed by atoms with Crippen molar-refractivity contribution in [2.75, 3.05) is 27.2 Å². The number of furan rings is 1. The summed E-state index contributed by atoms with van der Waals surface area (Å²) in [5, 5.41) is 10.1. The van der Waals surface area contributed by atoms with Crippen molar-refractivity contribution in [3.8, 4) is 0 Å². The average Bonchev–Trinajstić information content (AvgIpc) is 3.04. The lowest BCUT2D eigenvalue weighted by molar-refractivity contribution is -0.129. The van der Waals surface area contributed by atoms with Gasteiger partial charge in [-0.1, -0.05) is 6.92 Å². The van der Waals surface area contributed by atoms with E-state index in [9.17, 15) is 14.7 Å². The number of carbonyl (C=O) groups is 2. The molecule has 1 aromatic rings. The third kappa shape index (κ3) is 2.85. The average molecular weight is 292 g/mol. The van der Waals surface area contributed by atoms with Gasteiger partial charge in [-0.3, -0.25) is 9.59 Å². The molecule has 6 nitrogen and oxygen atoms in total. The number of hydrogen-bond donors (Lipinski definition) is 1. The molecule has 1 unspecified atom stereocenters. The minimum absolute atomic E-state index is 0.135. The van der Waals surface area contributed by atoms with Crippen molar-refractivity contribution in [1.82, 2.24) is 9.80 Å². The Labute approximate surface area is 123 Å². The molecule has 1 amide bonds.